The van der Waals surface area contributed by atoms with Crippen LogP contribution in [0.15, 0.2) is 18.2 Å². The van der Waals surface area contributed by atoms with E-state index in [0.717, 1.165) is 6.42 Å². The van der Waals surface area contributed by atoms with Crippen molar-refractivity contribution >= 4 is 9.84 Å². The minimum absolute atomic E-state index is 0.0251. The highest BCUT2D eigenvalue weighted by atomic mass is 32.2. The first-order valence-electron chi connectivity index (χ1n) is 6.64. The monoisotopic (exact) mass is 282 g/mol. The lowest BCUT2D eigenvalue weighted by molar-refractivity contribution is 0.384. The predicted octanol–water partition coefficient (Wildman–Crippen LogP) is 1.11. The van der Waals surface area contributed by atoms with Gasteiger partial charge in [-0.25, -0.2) is 8.42 Å². The van der Waals surface area contributed by atoms with Crippen LogP contribution in [-0.4, -0.2) is 26.0 Å². The topological polar surface area (TPSA) is 72.2 Å². The number of aryl methyl sites for hydroxylation is 2. The lowest BCUT2D eigenvalue weighted by Crippen LogP contribution is -2.43. The van der Waals surface area contributed by atoms with Gasteiger partial charge in [-0.2, -0.15) is 0 Å². The quantitative estimate of drug-likeness (QED) is 0.641. The molecule has 2 atom stereocenters. The molecule has 1 heterocycles. The fraction of sp³-hybridized carbons (Fsp3) is 0.571. The molecule has 0 bridgehead atoms. The van der Waals surface area contributed by atoms with Crippen molar-refractivity contribution in [2.24, 2.45) is 11.8 Å². The van der Waals surface area contributed by atoms with Crippen LogP contribution in [0.3, 0.4) is 0 Å². The Hall–Kier alpha value is -0.910. The average Bonchev–Trinajstić information content (AvgIpc) is 2.69. The van der Waals surface area contributed by atoms with Crippen LogP contribution in [0.2, 0.25) is 0 Å². The number of sulfone groups is 1. The summed E-state index contributed by atoms with van der Waals surface area (Å²) in [4.78, 5) is 0. The van der Waals surface area contributed by atoms with E-state index >= 15 is 0 Å². The molecular formula is C14H22N2O2S. The molecule has 1 aromatic carbocycles. The second kappa shape index (κ2) is 5.61. The Morgan fingerprint density at radius 1 is 1.37 bits per heavy atom. The maximum Gasteiger partial charge on any atom is 0.150 e. The fourth-order valence-corrected chi connectivity index (χ4v) is 4.77. The summed E-state index contributed by atoms with van der Waals surface area (Å²) in [5.41, 5.74) is 6.57. The van der Waals surface area contributed by atoms with Gasteiger partial charge in [0.25, 0.3) is 0 Å². The van der Waals surface area contributed by atoms with Gasteiger partial charge in [-0.1, -0.05) is 18.2 Å². The van der Waals surface area contributed by atoms with Crippen molar-refractivity contribution in [3.8, 4) is 0 Å². The Labute approximate surface area is 115 Å². The molecule has 0 aliphatic carbocycles. The van der Waals surface area contributed by atoms with Gasteiger partial charge in [-0.3, -0.25) is 11.3 Å². The minimum Gasteiger partial charge on any atom is -0.271 e. The van der Waals surface area contributed by atoms with Crippen molar-refractivity contribution in [2.75, 3.05) is 11.5 Å². The van der Waals surface area contributed by atoms with E-state index < -0.39 is 9.84 Å². The Morgan fingerprint density at radius 2 is 2.00 bits per heavy atom. The van der Waals surface area contributed by atoms with E-state index in [2.05, 4.69) is 31.4 Å². The summed E-state index contributed by atoms with van der Waals surface area (Å²) in [6.45, 7) is 4.17. The zero-order chi connectivity index (χ0) is 14.0. The normalized spacial score (nSPS) is 23.4. The first-order chi connectivity index (χ1) is 8.93. The van der Waals surface area contributed by atoms with Crippen LogP contribution in [0.4, 0.5) is 0 Å². The smallest absolute Gasteiger partial charge is 0.150 e. The highest BCUT2D eigenvalue weighted by Gasteiger charge is 2.33. The van der Waals surface area contributed by atoms with Gasteiger partial charge in [0.2, 0.25) is 0 Å². The molecule has 2 rings (SSSR count). The molecule has 1 fully saturated rings. The largest absolute Gasteiger partial charge is 0.271 e. The van der Waals surface area contributed by atoms with E-state index in [4.69, 9.17) is 5.84 Å². The number of hydrogen-bond donors (Lipinski definition) is 2. The lowest BCUT2D eigenvalue weighted by Gasteiger charge is -2.23. The fourth-order valence-electron chi connectivity index (χ4n) is 2.89. The summed E-state index contributed by atoms with van der Waals surface area (Å²) in [7, 11) is -2.86. The van der Waals surface area contributed by atoms with Gasteiger partial charge >= 0.3 is 0 Å². The van der Waals surface area contributed by atoms with E-state index in [0.29, 0.717) is 12.2 Å². The SMILES string of the molecule is Cc1cccc(C)c1CC(NN)C1CCS(=O)(=O)C1. The van der Waals surface area contributed by atoms with Crippen molar-refractivity contribution in [2.45, 2.75) is 32.7 Å². The molecule has 2 unspecified atom stereocenters. The van der Waals surface area contributed by atoms with E-state index in [-0.39, 0.29) is 17.7 Å². The molecule has 1 aromatic rings. The van der Waals surface area contributed by atoms with Crippen molar-refractivity contribution in [1.29, 1.82) is 0 Å². The standard InChI is InChI=1S/C14H22N2O2S/c1-10-4-3-5-11(2)13(10)8-14(16-15)12-6-7-19(17,18)9-12/h3-5,12,14,16H,6-9,15H2,1-2H3. The summed E-state index contributed by atoms with van der Waals surface area (Å²) >= 11 is 0. The molecule has 19 heavy (non-hydrogen) atoms. The first kappa shape index (κ1) is 14.5. The van der Waals surface area contributed by atoms with Crippen LogP contribution in [-0.2, 0) is 16.3 Å². The molecule has 0 aromatic heterocycles. The first-order valence-corrected chi connectivity index (χ1v) is 8.47. The molecule has 0 amide bonds. The van der Waals surface area contributed by atoms with Crippen molar-refractivity contribution in [1.82, 2.24) is 5.43 Å². The number of hydrogen-bond acceptors (Lipinski definition) is 4. The Bertz CT molecular complexity index is 534. The van der Waals surface area contributed by atoms with E-state index in [1.165, 1.54) is 16.7 Å². The van der Waals surface area contributed by atoms with E-state index in [9.17, 15) is 8.42 Å². The number of rotatable bonds is 4. The third kappa shape index (κ3) is 3.35. The highest BCUT2D eigenvalue weighted by Crippen LogP contribution is 2.25. The van der Waals surface area contributed by atoms with Crippen LogP contribution < -0.4 is 11.3 Å². The molecular weight excluding hydrogens is 260 g/mol. The Kier molecular flexibility index (Phi) is 4.28. The molecule has 0 radical (unpaired) electrons. The van der Waals surface area contributed by atoms with Crippen LogP contribution in [0.25, 0.3) is 0 Å². The molecule has 1 aliphatic rings. The number of hydrazine groups is 1. The van der Waals surface area contributed by atoms with Crippen LogP contribution in [0, 0.1) is 19.8 Å². The zero-order valence-electron chi connectivity index (χ0n) is 11.5. The molecule has 1 aliphatic heterocycles. The molecule has 0 saturated carbocycles. The van der Waals surface area contributed by atoms with Crippen molar-refractivity contribution in [3.05, 3.63) is 34.9 Å². The predicted molar refractivity (Wildman–Crippen MR) is 77.5 cm³/mol. The number of benzene rings is 1. The van der Waals surface area contributed by atoms with Gasteiger partial charge in [0.15, 0.2) is 9.84 Å². The summed E-state index contributed by atoms with van der Waals surface area (Å²) in [5.74, 6) is 6.31. The van der Waals surface area contributed by atoms with E-state index in [1.54, 1.807) is 0 Å². The van der Waals surface area contributed by atoms with Gasteiger partial charge < -0.3 is 0 Å². The average molecular weight is 282 g/mol. The highest BCUT2D eigenvalue weighted by molar-refractivity contribution is 7.91. The van der Waals surface area contributed by atoms with Crippen LogP contribution >= 0.6 is 0 Å². The third-order valence-corrected chi connectivity index (χ3v) is 5.91. The maximum atomic E-state index is 11.6. The van der Waals surface area contributed by atoms with Crippen molar-refractivity contribution in [3.63, 3.8) is 0 Å². The van der Waals surface area contributed by atoms with Crippen molar-refractivity contribution < 1.29 is 8.42 Å². The maximum absolute atomic E-state index is 11.6. The Balaban J connectivity index is 2.16. The Morgan fingerprint density at radius 3 is 2.47 bits per heavy atom. The molecule has 3 N–H and O–H groups in total. The molecule has 5 heteroatoms. The zero-order valence-corrected chi connectivity index (χ0v) is 12.3. The summed E-state index contributed by atoms with van der Waals surface area (Å²) in [6, 6.07) is 6.24. The summed E-state index contributed by atoms with van der Waals surface area (Å²) < 4.78 is 23.2. The van der Waals surface area contributed by atoms with Gasteiger partial charge in [-0.05, 0) is 49.3 Å². The van der Waals surface area contributed by atoms with E-state index in [1.807, 2.05) is 6.07 Å². The minimum atomic E-state index is -2.86. The second-order valence-corrected chi connectivity index (χ2v) is 7.74. The van der Waals surface area contributed by atoms with Gasteiger partial charge in [0, 0.05) is 6.04 Å². The molecule has 4 nitrogen and oxygen atoms in total. The van der Waals surface area contributed by atoms with Gasteiger partial charge in [-0.15, -0.1) is 0 Å². The molecule has 106 valence electrons. The molecule has 1 saturated heterocycles. The van der Waals surface area contributed by atoms with Crippen LogP contribution in [0.1, 0.15) is 23.1 Å². The third-order valence-electron chi connectivity index (χ3n) is 4.12. The second-order valence-electron chi connectivity index (χ2n) is 5.51. The lowest BCUT2D eigenvalue weighted by atomic mass is 9.90. The number of nitrogens with one attached hydrogen (secondary N) is 1. The van der Waals surface area contributed by atoms with Crippen LogP contribution in [0.5, 0.6) is 0 Å². The summed E-state index contributed by atoms with van der Waals surface area (Å²) in [6.07, 6.45) is 1.50. The van der Waals surface area contributed by atoms with Gasteiger partial charge in [0.05, 0.1) is 11.5 Å². The summed E-state index contributed by atoms with van der Waals surface area (Å²) in [5, 5.41) is 0. The number of nitrogens with two attached hydrogens (primary N) is 1. The molecule has 0 spiro atoms. The van der Waals surface area contributed by atoms with Gasteiger partial charge in [0.1, 0.15) is 0 Å².